The maximum Gasteiger partial charge on any atom is 0.289 e. The molecule has 6 nitrogen and oxygen atoms in total. The summed E-state index contributed by atoms with van der Waals surface area (Å²) < 4.78 is 11.1. The molecule has 1 amide bonds. The van der Waals surface area contributed by atoms with E-state index in [-0.39, 0.29) is 11.7 Å². The first kappa shape index (κ1) is 17.8. The Morgan fingerprint density at radius 1 is 1.15 bits per heavy atom. The summed E-state index contributed by atoms with van der Waals surface area (Å²) in [6.07, 6.45) is 0. The molecular formula is C20H20N2O4S. The molecule has 140 valence electrons. The molecule has 2 aromatic heterocycles. The summed E-state index contributed by atoms with van der Waals surface area (Å²) in [5.74, 6) is 0.938. The van der Waals surface area contributed by atoms with Crippen LogP contribution < -0.4 is 4.74 Å². The normalized spacial score (nSPS) is 15.2. The maximum absolute atomic E-state index is 12.8. The van der Waals surface area contributed by atoms with Crippen molar-refractivity contribution in [2.75, 3.05) is 39.8 Å². The maximum atomic E-state index is 12.8. The van der Waals surface area contributed by atoms with Crippen molar-refractivity contribution in [3.8, 4) is 5.75 Å². The van der Waals surface area contributed by atoms with Gasteiger partial charge in [0.25, 0.3) is 5.91 Å². The van der Waals surface area contributed by atoms with Gasteiger partial charge in [-0.3, -0.25) is 14.5 Å². The van der Waals surface area contributed by atoms with E-state index in [0.29, 0.717) is 49.8 Å². The number of fused-ring (bicyclic) bond motifs is 1. The lowest BCUT2D eigenvalue weighted by molar-refractivity contribution is 0.0598. The highest BCUT2D eigenvalue weighted by Crippen LogP contribution is 2.29. The molecule has 0 N–H and O–H groups in total. The molecule has 0 spiro atoms. The predicted octanol–water partition coefficient (Wildman–Crippen LogP) is 3.14. The van der Waals surface area contributed by atoms with E-state index in [4.69, 9.17) is 9.15 Å². The van der Waals surface area contributed by atoms with Gasteiger partial charge in [0.2, 0.25) is 0 Å². The van der Waals surface area contributed by atoms with Gasteiger partial charge in [-0.05, 0) is 23.6 Å². The average molecular weight is 384 g/mol. The number of amides is 1. The molecule has 0 atom stereocenters. The van der Waals surface area contributed by atoms with E-state index in [1.54, 1.807) is 18.1 Å². The SMILES string of the molecule is COc1cccc2cc(C(=O)N3CCN(CC(=O)c4cccs4)CC3)oc12. The number of furan rings is 1. The lowest BCUT2D eigenvalue weighted by atomic mass is 10.2. The molecule has 0 saturated carbocycles. The second-order valence-electron chi connectivity index (χ2n) is 6.46. The van der Waals surface area contributed by atoms with Crippen LogP contribution in [0.5, 0.6) is 5.75 Å². The molecular weight excluding hydrogens is 364 g/mol. The number of Topliss-reactive ketones (excluding diaryl/α,β-unsaturated/α-hetero) is 1. The Kier molecular flexibility index (Phi) is 4.96. The van der Waals surface area contributed by atoms with Crippen LogP contribution in [0.3, 0.4) is 0 Å². The molecule has 1 fully saturated rings. The lowest BCUT2D eigenvalue weighted by Crippen LogP contribution is -2.49. The van der Waals surface area contributed by atoms with Gasteiger partial charge in [0, 0.05) is 31.6 Å². The van der Waals surface area contributed by atoms with Gasteiger partial charge in [-0.1, -0.05) is 18.2 Å². The van der Waals surface area contributed by atoms with Crippen LogP contribution in [0.2, 0.25) is 0 Å². The molecule has 27 heavy (non-hydrogen) atoms. The van der Waals surface area contributed by atoms with E-state index >= 15 is 0 Å². The van der Waals surface area contributed by atoms with Crippen molar-refractivity contribution in [3.05, 3.63) is 52.4 Å². The molecule has 1 saturated heterocycles. The number of methoxy groups -OCH3 is 1. The summed E-state index contributed by atoms with van der Waals surface area (Å²) in [5, 5.41) is 2.75. The number of para-hydroxylation sites is 1. The largest absolute Gasteiger partial charge is 0.493 e. The van der Waals surface area contributed by atoms with Crippen LogP contribution in [0.25, 0.3) is 11.0 Å². The number of ether oxygens (including phenoxy) is 1. The monoisotopic (exact) mass is 384 g/mol. The van der Waals surface area contributed by atoms with Gasteiger partial charge in [-0.25, -0.2) is 0 Å². The molecule has 1 aliphatic rings. The van der Waals surface area contributed by atoms with Gasteiger partial charge in [0.05, 0.1) is 18.5 Å². The minimum Gasteiger partial charge on any atom is -0.493 e. The first-order valence-corrected chi connectivity index (χ1v) is 9.68. The topological polar surface area (TPSA) is 63.0 Å². The summed E-state index contributed by atoms with van der Waals surface area (Å²) in [5.41, 5.74) is 0.587. The molecule has 0 aliphatic carbocycles. The van der Waals surface area contributed by atoms with Crippen LogP contribution in [0.1, 0.15) is 20.2 Å². The highest BCUT2D eigenvalue weighted by molar-refractivity contribution is 7.12. The number of ketones is 1. The number of piperazine rings is 1. The van der Waals surface area contributed by atoms with Crippen LogP contribution in [0.15, 0.2) is 46.2 Å². The summed E-state index contributed by atoms with van der Waals surface area (Å²) in [6, 6.07) is 11.1. The molecule has 0 radical (unpaired) electrons. The fraction of sp³-hybridized carbons (Fsp3) is 0.300. The van der Waals surface area contributed by atoms with E-state index in [2.05, 4.69) is 4.90 Å². The Morgan fingerprint density at radius 3 is 2.67 bits per heavy atom. The molecule has 3 aromatic rings. The molecule has 1 aliphatic heterocycles. The van der Waals surface area contributed by atoms with Crippen LogP contribution in [-0.2, 0) is 0 Å². The van der Waals surface area contributed by atoms with Crippen molar-refractivity contribution < 1.29 is 18.7 Å². The Balaban J connectivity index is 1.39. The fourth-order valence-electron chi connectivity index (χ4n) is 3.29. The number of carbonyl (C=O) groups excluding carboxylic acids is 2. The molecule has 7 heteroatoms. The summed E-state index contributed by atoms with van der Waals surface area (Å²) in [7, 11) is 1.58. The van der Waals surface area contributed by atoms with Crippen molar-refractivity contribution >= 4 is 34.0 Å². The van der Waals surface area contributed by atoms with E-state index in [0.717, 1.165) is 10.3 Å². The van der Waals surface area contributed by atoms with Crippen LogP contribution in [0, 0.1) is 0 Å². The lowest BCUT2D eigenvalue weighted by Gasteiger charge is -2.33. The number of nitrogens with zero attached hydrogens (tertiary/aromatic N) is 2. The third kappa shape index (κ3) is 3.61. The van der Waals surface area contributed by atoms with Crippen molar-refractivity contribution in [2.45, 2.75) is 0 Å². The van der Waals surface area contributed by atoms with Gasteiger partial charge in [-0.2, -0.15) is 0 Å². The van der Waals surface area contributed by atoms with Gasteiger partial charge >= 0.3 is 0 Å². The van der Waals surface area contributed by atoms with Gasteiger partial charge in [0.1, 0.15) is 0 Å². The first-order chi connectivity index (χ1) is 13.2. The van der Waals surface area contributed by atoms with Gasteiger partial charge < -0.3 is 14.1 Å². The smallest absolute Gasteiger partial charge is 0.289 e. The number of thiophene rings is 1. The Bertz CT molecular complexity index is 956. The second kappa shape index (κ2) is 7.54. The predicted molar refractivity (Wildman–Crippen MR) is 104 cm³/mol. The van der Waals surface area contributed by atoms with E-state index in [9.17, 15) is 9.59 Å². The zero-order valence-electron chi connectivity index (χ0n) is 15.0. The quantitative estimate of drug-likeness (QED) is 0.633. The minimum atomic E-state index is -0.127. The highest BCUT2D eigenvalue weighted by Gasteiger charge is 2.26. The third-order valence-corrected chi connectivity index (χ3v) is 5.67. The Labute approximate surface area is 160 Å². The third-order valence-electron chi connectivity index (χ3n) is 4.76. The summed E-state index contributed by atoms with van der Waals surface area (Å²) >= 11 is 1.46. The summed E-state index contributed by atoms with van der Waals surface area (Å²) in [4.78, 5) is 29.7. The standard InChI is InChI=1S/C20H20N2O4S/c1-25-16-5-2-4-14-12-17(26-19(14)16)20(24)22-9-7-21(8-10-22)13-15(23)18-6-3-11-27-18/h2-6,11-12H,7-10,13H2,1H3. The van der Waals surface area contributed by atoms with Crippen molar-refractivity contribution in [3.63, 3.8) is 0 Å². The van der Waals surface area contributed by atoms with E-state index in [1.807, 2.05) is 35.7 Å². The molecule has 3 heterocycles. The van der Waals surface area contributed by atoms with Crippen molar-refractivity contribution in [2.24, 2.45) is 0 Å². The molecule has 0 bridgehead atoms. The number of carbonyl (C=O) groups is 2. The van der Waals surface area contributed by atoms with Gasteiger partial charge in [0.15, 0.2) is 22.9 Å². The van der Waals surface area contributed by atoms with Crippen molar-refractivity contribution in [1.82, 2.24) is 9.80 Å². The Hall–Kier alpha value is -2.64. The molecule has 0 unspecified atom stereocenters. The number of hydrogen-bond acceptors (Lipinski definition) is 6. The van der Waals surface area contributed by atoms with E-state index < -0.39 is 0 Å². The first-order valence-electron chi connectivity index (χ1n) is 8.80. The van der Waals surface area contributed by atoms with E-state index in [1.165, 1.54) is 11.3 Å². The highest BCUT2D eigenvalue weighted by atomic mass is 32.1. The second-order valence-corrected chi connectivity index (χ2v) is 7.41. The zero-order chi connectivity index (χ0) is 18.8. The van der Waals surface area contributed by atoms with Crippen LogP contribution >= 0.6 is 11.3 Å². The zero-order valence-corrected chi connectivity index (χ0v) is 15.8. The Morgan fingerprint density at radius 2 is 1.96 bits per heavy atom. The number of rotatable bonds is 5. The van der Waals surface area contributed by atoms with Crippen LogP contribution in [-0.4, -0.2) is 61.3 Å². The fourth-order valence-corrected chi connectivity index (χ4v) is 3.94. The number of hydrogen-bond donors (Lipinski definition) is 0. The summed E-state index contributed by atoms with van der Waals surface area (Å²) in [6.45, 7) is 2.89. The van der Waals surface area contributed by atoms with Gasteiger partial charge in [-0.15, -0.1) is 11.3 Å². The molecule has 4 rings (SSSR count). The minimum absolute atomic E-state index is 0.127. The molecule has 1 aromatic carbocycles. The van der Waals surface area contributed by atoms with Crippen LogP contribution in [0.4, 0.5) is 0 Å². The van der Waals surface area contributed by atoms with Crippen molar-refractivity contribution in [1.29, 1.82) is 0 Å². The average Bonchev–Trinajstić information content (AvgIpc) is 3.37. The number of benzene rings is 1.